The van der Waals surface area contributed by atoms with Crippen molar-refractivity contribution >= 4 is 23.4 Å². The Labute approximate surface area is 117 Å². The van der Waals surface area contributed by atoms with Gasteiger partial charge >= 0.3 is 0 Å². The van der Waals surface area contributed by atoms with Crippen LogP contribution in [0.25, 0.3) is 0 Å². The molecule has 2 rings (SSSR count). The summed E-state index contributed by atoms with van der Waals surface area (Å²) >= 11 is 2.02. The van der Waals surface area contributed by atoms with E-state index in [0.29, 0.717) is 5.25 Å². The molecule has 1 aromatic heterocycles. The molecule has 5 nitrogen and oxygen atoms in total. The van der Waals surface area contributed by atoms with Crippen molar-refractivity contribution in [1.29, 1.82) is 0 Å². The monoisotopic (exact) mass is 280 g/mol. The van der Waals surface area contributed by atoms with Crippen LogP contribution >= 0.6 is 11.8 Å². The maximum Gasteiger partial charge on any atom is 0.170 e. The van der Waals surface area contributed by atoms with Crippen LogP contribution in [-0.4, -0.2) is 40.1 Å². The summed E-state index contributed by atoms with van der Waals surface area (Å²) in [4.78, 5) is 6.85. The van der Waals surface area contributed by atoms with Crippen LogP contribution in [-0.2, 0) is 0 Å². The van der Waals surface area contributed by atoms with Gasteiger partial charge in [-0.2, -0.15) is 11.8 Å². The Bertz CT molecular complexity index is 478. The first-order valence-electron chi connectivity index (χ1n) is 6.47. The molecule has 2 heterocycles. The average molecular weight is 280 g/mol. The normalized spacial score (nSPS) is 20.6. The summed E-state index contributed by atoms with van der Waals surface area (Å²) in [5, 5.41) is 12.5. The minimum atomic E-state index is 0.130. The molecule has 6 heteroatoms. The highest BCUT2D eigenvalue weighted by molar-refractivity contribution is 8.00. The first kappa shape index (κ1) is 14.0. The van der Waals surface area contributed by atoms with Gasteiger partial charge in [-0.25, -0.2) is 4.98 Å². The van der Waals surface area contributed by atoms with E-state index in [0.717, 1.165) is 35.9 Å². The Morgan fingerprint density at radius 1 is 1.63 bits per heavy atom. The number of anilines is 1. The molecular weight excluding hydrogens is 260 g/mol. The quantitative estimate of drug-likeness (QED) is 0.382. The lowest BCUT2D eigenvalue weighted by atomic mass is 10.2. The van der Waals surface area contributed by atoms with E-state index in [1.165, 1.54) is 6.42 Å². The SMILES string of the molecule is CCC1CN(c2cc(/C(N)=N/O)cc(C)n2)CCS1. The smallest absolute Gasteiger partial charge is 0.170 e. The van der Waals surface area contributed by atoms with E-state index in [4.69, 9.17) is 10.9 Å². The first-order valence-corrected chi connectivity index (χ1v) is 7.52. The fourth-order valence-electron chi connectivity index (χ4n) is 2.19. The number of thioether (sulfide) groups is 1. The number of hydrogen-bond donors (Lipinski definition) is 2. The predicted molar refractivity (Wildman–Crippen MR) is 80.2 cm³/mol. The van der Waals surface area contributed by atoms with Crippen molar-refractivity contribution in [2.75, 3.05) is 23.7 Å². The zero-order chi connectivity index (χ0) is 13.8. The van der Waals surface area contributed by atoms with Crippen molar-refractivity contribution in [1.82, 2.24) is 4.98 Å². The van der Waals surface area contributed by atoms with Crippen LogP contribution in [0.4, 0.5) is 5.82 Å². The van der Waals surface area contributed by atoms with Crippen LogP contribution in [0.1, 0.15) is 24.6 Å². The van der Waals surface area contributed by atoms with Gasteiger partial charge in [0.25, 0.3) is 0 Å². The lowest BCUT2D eigenvalue weighted by Crippen LogP contribution is -2.38. The van der Waals surface area contributed by atoms with Gasteiger partial charge < -0.3 is 15.8 Å². The minimum Gasteiger partial charge on any atom is -0.409 e. The van der Waals surface area contributed by atoms with Crippen molar-refractivity contribution < 1.29 is 5.21 Å². The lowest BCUT2D eigenvalue weighted by Gasteiger charge is -2.33. The van der Waals surface area contributed by atoms with Gasteiger partial charge in [-0.05, 0) is 25.5 Å². The van der Waals surface area contributed by atoms with Gasteiger partial charge in [0.15, 0.2) is 5.84 Å². The highest BCUT2D eigenvalue weighted by atomic mass is 32.2. The molecule has 0 amide bonds. The number of hydrogen-bond acceptors (Lipinski definition) is 5. The summed E-state index contributed by atoms with van der Waals surface area (Å²) in [6.07, 6.45) is 1.17. The number of pyridine rings is 1. The molecule has 1 saturated heterocycles. The highest BCUT2D eigenvalue weighted by Gasteiger charge is 2.20. The minimum absolute atomic E-state index is 0.130. The Balaban J connectivity index is 2.26. The van der Waals surface area contributed by atoms with Crippen molar-refractivity contribution in [2.45, 2.75) is 25.5 Å². The van der Waals surface area contributed by atoms with Crippen molar-refractivity contribution in [2.24, 2.45) is 10.9 Å². The number of aromatic nitrogens is 1. The van der Waals surface area contributed by atoms with E-state index in [-0.39, 0.29) is 5.84 Å². The molecule has 0 aromatic carbocycles. The molecule has 0 saturated carbocycles. The van der Waals surface area contributed by atoms with Gasteiger partial charge in [-0.15, -0.1) is 0 Å². The molecule has 1 aromatic rings. The van der Waals surface area contributed by atoms with Crippen LogP contribution in [0.2, 0.25) is 0 Å². The van der Waals surface area contributed by atoms with Gasteiger partial charge in [0.05, 0.1) is 0 Å². The summed E-state index contributed by atoms with van der Waals surface area (Å²) < 4.78 is 0. The number of rotatable bonds is 3. The van der Waals surface area contributed by atoms with Crippen molar-refractivity contribution in [3.8, 4) is 0 Å². The zero-order valence-corrected chi connectivity index (χ0v) is 12.2. The number of nitrogens with zero attached hydrogens (tertiary/aromatic N) is 3. The van der Waals surface area contributed by atoms with E-state index in [1.54, 1.807) is 0 Å². The third-order valence-corrected chi connectivity index (χ3v) is 4.63. The van der Waals surface area contributed by atoms with Gasteiger partial charge in [-0.3, -0.25) is 0 Å². The second kappa shape index (κ2) is 6.14. The third kappa shape index (κ3) is 3.32. The molecule has 1 aliphatic rings. The Kier molecular flexibility index (Phi) is 4.52. The van der Waals surface area contributed by atoms with Crippen LogP contribution in [0.5, 0.6) is 0 Å². The first-order chi connectivity index (χ1) is 9.13. The van der Waals surface area contributed by atoms with Crippen LogP contribution in [0.3, 0.4) is 0 Å². The van der Waals surface area contributed by atoms with Gasteiger partial charge in [0.1, 0.15) is 5.82 Å². The van der Waals surface area contributed by atoms with Crippen LogP contribution < -0.4 is 10.6 Å². The van der Waals surface area contributed by atoms with Crippen LogP contribution in [0, 0.1) is 6.92 Å². The maximum absolute atomic E-state index is 8.79. The van der Waals surface area contributed by atoms with E-state index in [9.17, 15) is 0 Å². The molecule has 19 heavy (non-hydrogen) atoms. The van der Waals surface area contributed by atoms with E-state index in [1.807, 2.05) is 30.8 Å². The second-order valence-electron chi connectivity index (χ2n) is 4.69. The maximum atomic E-state index is 8.79. The average Bonchev–Trinajstić information content (AvgIpc) is 2.45. The van der Waals surface area contributed by atoms with Crippen molar-refractivity contribution in [3.63, 3.8) is 0 Å². The number of aryl methyl sites for hydroxylation is 1. The molecule has 1 atom stereocenters. The zero-order valence-electron chi connectivity index (χ0n) is 11.3. The van der Waals surface area contributed by atoms with E-state index in [2.05, 4.69) is 22.0 Å². The van der Waals surface area contributed by atoms with Gasteiger partial charge in [0, 0.05) is 35.3 Å². The second-order valence-corrected chi connectivity index (χ2v) is 6.10. The summed E-state index contributed by atoms with van der Waals surface area (Å²) in [6, 6.07) is 3.72. The topological polar surface area (TPSA) is 74.7 Å². The molecule has 1 unspecified atom stereocenters. The fourth-order valence-corrected chi connectivity index (χ4v) is 3.37. The Hall–Kier alpha value is -1.43. The molecule has 3 N–H and O–H groups in total. The highest BCUT2D eigenvalue weighted by Crippen LogP contribution is 2.25. The third-order valence-electron chi connectivity index (χ3n) is 3.26. The van der Waals surface area contributed by atoms with Gasteiger partial charge in [0.2, 0.25) is 0 Å². The van der Waals surface area contributed by atoms with Gasteiger partial charge in [-0.1, -0.05) is 12.1 Å². The number of nitrogens with two attached hydrogens (primary N) is 1. The van der Waals surface area contributed by atoms with Crippen molar-refractivity contribution in [3.05, 3.63) is 23.4 Å². The predicted octanol–water partition coefficient (Wildman–Crippen LogP) is 1.82. The molecule has 1 aliphatic heterocycles. The molecule has 0 radical (unpaired) electrons. The lowest BCUT2D eigenvalue weighted by molar-refractivity contribution is 0.318. The summed E-state index contributed by atoms with van der Waals surface area (Å²) in [6.45, 7) is 6.14. The fraction of sp³-hybridized carbons (Fsp3) is 0.538. The summed E-state index contributed by atoms with van der Waals surface area (Å²) in [5.74, 6) is 2.16. The number of oxime groups is 1. The molecule has 0 aliphatic carbocycles. The molecule has 104 valence electrons. The standard InChI is InChI=1S/C13H20N4OS/c1-3-11-8-17(4-5-19-11)12-7-10(13(14)16-18)6-9(2)15-12/h6-7,11,18H,3-5,8H2,1-2H3,(H2,14,16). The Morgan fingerprint density at radius 2 is 2.42 bits per heavy atom. The largest absolute Gasteiger partial charge is 0.409 e. The Morgan fingerprint density at radius 3 is 3.11 bits per heavy atom. The summed E-state index contributed by atoms with van der Waals surface area (Å²) in [5.41, 5.74) is 7.26. The van der Waals surface area contributed by atoms with Crippen LogP contribution in [0.15, 0.2) is 17.3 Å². The molecule has 1 fully saturated rings. The molecule has 0 bridgehead atoms. The summed E-state index contributed by atoms with van der Waals surface area (Å²) in [7, 11) is 0. The van der Waals surface area contributed by atoms with E-state index >= 15 is 0 Å². The number of amidine groups is 1. The van der Waals surface area contributed by atoms with E-state index < -0.39 is 0 Å². The molecule has 0 spiro atoms. The molecular formula is C13H20N4OS.